The molecule has 190 valence electrons. The van der Waals surface area contributed by atoms with Gasteiger partial charge in [0.1, 0.15) is 5.69 Å². The lowest BCUT2D eigenvalue weighted by molar-refractivity contribution is -0.118. The molecular formula is C25H29N5O5S. The minimum atomic E-state index is -3.71. The number of nitrogens with zero attached hydrogens (tertiary/aromatic N) is 4. The quantitative estimate of drug-likeness (QED) is 0.515. The second-order valence-corrected chi connectivity index (χ2v) is 10.8. The molecule has 2 fully saturated rings. The maximum absolute atomic E-state index is 13.2. The van der Waals surface area contributed by atoms with E-state index >= 15 is 0 Å². The summed E-state index contributed by atoms with van der Waals surface area (Å²) in [4.78, 5) is 24.1. The van der Waals surface area contributed by atoms with Gasteiger partial charge in [-0.15, -0.1) is 0 Å². The molecule has 0 atom stereocenters. The van der Waals surface area contributed by atoms with Crippen molar-refractivity contribution in [3.8, 4) is 5.88 Å². The number of carbonyl (C=O) groups is 1. The Morgan fingerprint density at radius 1 is 1.03 bits per heavy atom. The lowest BCUT2D eigenvalue weighted by Gasteiger charge is -2.27. The van der Waals surface area contributed by atoms with Gasteiger partial charge in [0, 0.05) is 26.2 Å². The molecule has 3 aromatic rings. The molecule has 0 aliphatic carbocycles. The van der Waals surface area contributed by atoms with Crippen LogP contribution in [0.4, 0.5) is 11.4 Å². The van der Waals surface area contributed by atoms with Crippen molar-refractivity contribution in [3.63, 3.8) is 0 Å². The highest BCUT2D eigenvalue weighted by atomic mass is 32.2. The van der Waals surface area contributed by atoms with Gasteiger partial charge in [-0.25, -0.2) is 18.4 Å². The smallest absolute Gasteiger partial charge is 0.262 e. The van der Waals surface area contributed by atoms with Crippen LogP contribution < -0.4 is 15.0 Å². The van der Waals surface area contributed by atoms with Gasteiger partial charge in [-0.2, -0.15) is 4.31 Å². The highest BCUT2D eigenvalue weighted by Gasteiger charge is 2.28. The Hall–Kier alpha value is -3.28. The molecule has 2 aliphatic rings. The number of sulfonamides is 1. The molecule has 0 bridgehead atoms. The van der Waals surface area contributed by atoms with Gasteiger partial charge < -0.3 is 19.7 Å². The summed E-state index contributed by atoms with van der Waals surface area (Å²) in [6, 6.07) is 12.4. The van der Waals surface area contributed by atoms with Crippen LogP contribution in [0.2, 0.25) is 0 Å². The fourth-order valence-electron chi connectivity index (χ4n) is 4.47. The average molecular weight is 512 g/mol. The number of fused-ring (bicyclic) bond motifs is 1. The van der Waals surface area contributed by atoms with Crippen molar-refractivity contribution in [1.29, 1.82) is 0 Å². The van der Waals surface area contributed by atoms with E-state index in [1.54, 1.807) is 19.1 Å². The number of carbonyl (C=O) groups excluding carboxylic acids is 1. The van der Waals surface area contributed by atoms with Crippen molar-refractivity contribution in [3.05, 3.63) is 48.2 Å². The largest absolute Gasteiger partial charge is 0.466 e. The Morgan fingerprint density at radius 3 is 2.44 bits per heavy atom. The number of benzene rings is 2. The van der Waals surface area contributed by atoms with E-state index in [1.165, 1.54) is 10.4 Å². The van der Waals surface area contributed by atoms with Crippen molar-refractivity contribution >= 4 is 38.3 Å². The molecule has 2 saturated heterocycles. The summed E-state index contributed by atoms with van der Waals surface area (Å²) in [5.41, 5.74) is 3.25. The SMILES string of the molecule is Cc1nc2ccccc2nc1OCC(=O)Nc1cc(S(=O)(=O)N2CCOCC2)ccc1N1CCCC1. The maximum Gasteiger partial charge on any atom is 0.262 e. The number of anilines is 2. The Labute approximate surface area is 210 Å². The Balaban J connectivity index is 1.36. The molecule has 0 unspecified atom stereocenters. The molecule has 0 radical (unpaired) electrons. The minimum Gasteiger partial charge on any atom is -0.466 e. The fourth-order valence-corrected chi connectivity index (χ4v) is 5.91. The fraction of sp³-hybridized carbons (Fsp3) is 0.400. The summed E-state index contributed by atoms with van der Waals surface area (Å²) < 4.78 is 38.8. The molecule has 5 rings (SSSR count). The van der Waals surface area contributed by atoms with Crippen LogP contribution in [0.5, 0.6) is 5.88 Å². The molecular weight excluding hydrogens is 482 g/mol. The number of amides is 1. The highest BCUT2D eigenvalue weighted by Crippen LogP contribution is 2.32. The molecule has 1 N–H and O–H groups in total. The van der Waals surface area contributed by atoms with Crippen LogP contribution in [0.15, 0.2) is 47.4 Å². The minimum absolute atomic E-state index is 0.139. The number of nitrogens with one attached hydrogen (secondary N) is 1. The number of hydrogen-bond acceptors (Lipinski definition) is 8. The first-order valence-corrected chi connectivity index (χ1v) is 13.5. The third kappa shape index (κ3) is 5.13. The van der Waals surface area contributed by atoms with E-state index < -0.39 is 15.9 Å². The molecule has 0 saturated carbocycles. The van der Waals surface area contributed by atoms with E-state index in [4.69, 9.17) is 9.47 Å². The number of aromatic nitrogens is 2. The van der Waals surface area contributed by atoms with E-state index in [0.29, 0.717) is 43.2 Å². The monoisotopic (exact) mass is 511 g/mol. The Kier molecular flexibility index (Phi) is 7.04. The van der Waals surface area contributed by atoms with Gasteiger partial charge in [0.05, 0.1) is 40.5 Å². The number of ether oxygens (including phenoxy) is 2. The molecule has 1 amide bonds. The van der Waals surface area contributed by atoms with Crippen molar-refractivity contribution < 1.29 is 22.7 Å². The summed E-state index contributed by atoms with van der Waals surface area (Å²) in [5, 5.41) is 2.87. The third-order valence-corrected chi connectivity index (χ3v) is 8.23. The van der Waals surface area contributed by atoms with E-state index in [0.717, 1.165) is 37.1 Å². The third-order valence-electron chi connectivity index (χ3n) is 6.34. The number of aryl methyl sites for hydroxylation is 1. The van der Waals surface area contributed by atoms with Crippen LogP contribution >= 0.6 is 0 Å². The normalized spacial score (nSPS) is 16.9. The topological polar surface area (TPSA) is 114 Å². The van der Waals surface area contributed by atoms with Crippen molar-refractivity contribution in [2.75, 3.05) is 56.2 Å². The summed E-state index contributed by atoms with van der Waals surface area (Å²) >= 11 is 0. The van der Waals surface area contributed by atoms with E-state index in [-0.39, 0.29) is 17.4 Å². The van der Waals surface area contributed by atoms with Gasteiger partial charge in [-0.1, -0.05) is 12.1 Å². The zero-order valence-corrected chi connectivity index (χ0v) is 21.0. The number of morpholine rings is 1. The molecule has 0 spiro atoms. The predicted molar refractivity (Wildman–Crippen MR) is 136 cm³/mol. The summed E-state index contributed by atoms with van der Waals surface area (Å²) in [5.74, 6) is -0.127. The molecule has 36 heavy (non-hydrogen) atoms. The van der Waals surface area contributed by atoms with Crippen molar-refractivity contribution in [1.82, 2.24) is 14.3 Å². The molecule has 10 nitrogen and oxygen atoms in total. The lowest BCUT2D eigenvalue weighted by Crippen LogP contribution is -2.40. The van der Waals surface area contributed by atoms with Crippen LogP contribution in [-0.2, 0) is 19.6 Å². The summed E-state index contributed by atoms with van der Waals surface area (Å²) in [6.45, 7) is 4.52. The zero-order chi connectivity index (χ0) is 25.1. The summed E-state index contributed by atoms with van der Waals surface area (Å²) in [7, 11) is -3.71. The van der Waals surface area contributed by atoms with Gasteiger partial charge in [-0.05, 0) is 50.1 Å². The number of para-hydroxylation sites is 2. The molecule has 2 aromatic carbocycles. The Morgan fingerprint density at radius 2 is 1.72 bits per heavy atom. The van der Waals surface area contributed by atoms with Gasteiger partial charge in [-0.3, -0.25) is 4.79 Å². The average Bonchev–Trinajstić information content (AvgIpc) is 3.43. The number of hydrogen-bond donors (Lipinski definition) is 1. The summed E-state index contributed by atoms with van der Waals surface area (Å²) in [6.07, 6.45) is 2.09. The molecule has 11 heteroatoms. The lowest BCUT2D eigenvalue weighted by atomic mass is 10.2. The van der Waals surface area contributed by atoms with Gasteiger partial charge in [0.15, 0.2) is 6.61 Å². The van der Waals surface area contributed by atoms with Crippen LogP contribution in [0.3, 0.4) is 0 Å². The van der Waals surface area contributed by atoms with E-state index in [1.807, 2.05) is 24.3 Å². The maximum atomic E-state index is 13.2. The predicted octanol–water partition coefficient (Wildman–Crippen LogP) is 2.58. The molecule has 1 aromatic heterocycles. The van der Waals surface area contributed by atoms with Crippen LogP contribution in [0.1, 0.15) is 18.5 Å². The Bertz CT molecular complexity index is 1370. The molecule has 3 heterocycles. The van der Waals surface area contributed by atoms with Crippen molar-refractivity contribution in [2.24, 2.45) is 0 Å². The van der Waals surface area contributed by atoms with Crippen LogP contribution in [0, 0.1) is 6.92 Å². The zero-order valence-electron chi connectivity index (χ0n) is 20.1. The first kappa shape index (κ1) is 24.4. The van der Waals surface area contributed by atoms with E-state index in [2.05, 4.69) is 20.2 Å². The van der Waals surface area contributed by atoms with Crippen LogP contribution in [-0.4, -0.2) is 74.6 Å². The number of rotatable bonds is 7. The molecule has 2 aliphatic heterocycles. The van der Waals surface area contributed by atoms with Crippen molar-refractivity contribution in [2.45, 2.75) is 24.7 Å². The van der Waals surface area contributed by atoms with Gasteiger partial charge in [0.25, 0.3) is 5.91 Å². The standard InChI is InChI=1S/C25H29N5O5S/c1-18-25(28-21-7-3-2-6-20(21)26-18)35-17-24(31)27-22-16-19(8-9-23(22)29-10-4-5-11-29)36(32,33)30-12-14-34-15-13-30/h2-3,6-9,16H,4-5,10-15,17H2,1H3,(H,27,31). The van der Waals surface area contributed by atoms with Gasteiger partial charge >= 0.3 is 0 Å². The highest BCUT2D eigenvalue weighted by molar-refractivity contribution is 7.89. The van der Waals surface area contributed by atoms with Crippen LogP contribution in [0.25, 0.3) is 11.0 Å². The first-order valence-electron chi connectivity index (χ1n) is 12.0. The second kappa shape index (κ2) is 10.4. The second-order valence-electron chi connectivity index (χ2n) is 8.83. The first-order chi connectivity index (χ1) is 17.4. The van der Waals surface area contributed by atoms with E-state index in [9.17, 15) is 13.2 Å². The van der Waals surface area contributed by atoms with Gasteiger partial charge in [0.2, 0.25) is 15.9 Å².